The Labute approximate surface area is 530 Å². The van der Waals surface area contributed by atoms with Crippen molar-refractivity contribution in [3.05, 3.63) is 108 Å². The van der Waals surface area contributed by atoms with Gasteiger partial charge in [0.25, 0.3) is 11.7 Å². The van der Waals surface area contributed by atoms with Gasteiger partial charge in [0.2, 0.25) is 12.3 Å². The lowest BCUT2D eigenvalue weighted by Crippen LogP contribution is -3.00. The van der Waals surface area contributed by atoms with Gasteiger partial charge in [-0.1, -0.05) is 75.6 Å². The average Bonchev–Trinajstić information content (AvgIpc) is 1.52. The van der Waals surface area contributed by atoms with E-state index in [2.05, 4.69) is 0 Å². The smallest absolute Gasteiger partial charge is 0.602 e. The van der Waals surface area contributed by atoms with Crippen molar-refractivity contribution in [2.24, 2.45) is 35.5 Å². The molecule has 0 spiro atoms. The summed E-state index contributed by atoms with van der Waals surface area (Å²) in [5.74, 6) is -9.15. The standard InChI is InChI=1S/C66H93N3O15.2BrH/c1-41-25-30-67(31-26-41)40-58(71)81-54-24-22-50(37-57(54)79-11)36-46(6)56-39-53(70)45(5)35-48(8)60(83-65(76)68-32-27-42(2)28-33-68)61(80-12)59(72)47(7)34-43(3)18-14-13-15-19-44(4)55(78-10)38-51-23-21-49(9)66(77,84-51)62(73)63(74)69-29-17-16-20-52(69)64(75)82-56;;/h13-15,18-19,25-28,30-33,35,43,45-47,49-52,54-57,60-61,77H,16-17,20-24,29,34,36-40H2,1-12H3;2*1H/q+2;;/p-2/b15-13+,18-14+,44-19+,48-35+;;/t43-,45-,46-,47-,49-,50+,51+,52+,54-,55-,56+,57-,60-,61+,66-;;/m1../s1. The number of cyclic esters (lactones) is 1. The molecule has 2 aromatic rings. The van der Waals surface area contributed by atoms with Crippen LogP contribution in [0.3, 0.4) is 0 Å². The maximum absolute atomic E-state index is 14.8. The van der Waals surface area contributed by atoms with Crippen molar-refractivity contribution in [2.75, 3.05) is 27.9 Å². The summed E-state index contributed by atoms with van der Waals surface area (Å²) in [5, 5.41) is 12.1. The second-order valence-corrected chi connectivity index (χ2v) is 24.2. The molecule has 2 bridgehead atoms. The van der Waals surface area contributed by atoms with Crippen LogP contribution in [0.25, 0.3) is 0 Å². The number of allylic oxidation sites excluding steroid dienone is 6. The molecule has 2 aromatic heterocycles. The average molecular weight is 1330 g/mol. The Balaban J connectivity index is 0.00000792. The minimum atomic E-state index is -2.48. The molecule has 1 N–H and O–H groups in total. The Bertz CT molecular complexity index is 2730. The summed E-state index contributed by atoms with van der Waals surface area (Å²) < 4.78 is 45.6. The molecule has 3 fully saturated rings. The molecule has 5 heterocycles. The highest BCUT2D eigenvalue weighted by Gasteiger charge is 2.53. The number of pyridine rings is 2. The first-order chi connectivity index (χ1) is 40.0. The van der Waals surface area contributed by atoms with Gasteiger partial charge >= 0.3 is 18.0 Å². The third-order valence-electron chi connectivity index (χ3n) is 17.5. The number of hydrogen-bond acceptors (Lipinski definition) is 15. The summed E-state index contributed by atoms with van der Waals surface area (Å²) in [4.78, 5) is 101. The summed E-state index contributed by atoms with van der Waals surface area (Å²) >= 11 is 0. The van der Waals surface area contributed by atoms with Gasteiger partial charge in [-0.15, -0.1) is 0 Å². The molecule has 18 nitrogen and oxygen atoms in total. The van der Waals surface area contributed by atoms with Crippen molar-refractivity contribution >= 4 is 41.3 Å². The Hall–Kier alpha value is -5.09. The third kappa shape index (κ3) is 20.0. The van der Waals surface area contributed by atoms with E-state index in [0.717, 1.165) is 16.7 Å². The number of esters is 2. The quantitative estimate of drug-likeness (QED) is 0.119. The van der Waals surface area contributed by atoms with Gasteiger partial charge in [0.1, 0.15) is 24.0 Å². The van der Waals surface area contributed by atoms with Gasteiger partial charge in [-0.3, -0.25) is 19.2 Å². The number of ketones is 3. The van der Waals surface area contributed by atoms with Crippen molar-refractivity contribution in [3.63, 3.8) is 0 Å². The Morgan fingerprint density at radius 2 is 1.43 bits per heavy atom. The van der Waals surface area contributed by atoms with Crippen LogP contribution in [0.5, 0.6) is 0 Å². The fourth-order valence-electron chi connectivity index (χ4n) is 12.2. The number of hydrogen-bond donors (Lipinski definition) is 1. The van der Waals surface area contributed by atoms with Gasteiger partial charge in [0.05, 0.1) is 18.3 Å². The molecule has 1 aliphatic carbocycles. The van der Waals surface area contributed by atoms with Crippen molar-refractivity contribution in [3.8, 4) is 0 Å². The number of Topliss-reactive ketones (excluding diaryl/α,β-unsaturated/α-hetero) is 3. The van der Waals surface area contributed by atoms with Crippen LogP contribution in [-0.2, 0) is 68.5 Å². The minimum Gasteiger partial charge on any atom is -1.00 e. The number of aromatic nitrogens is 2. The Morgan fingerprint density at radius 1 is 0.756 bits per heavy atom. The van der Waals surface area contributed by atoms with Gasteiger partial charge in [-0.2, -0.15) is 9.36 Å². The predicted octanol–water partition coefficient (Wildman–Crippen LogP) is 2.32. The highest BCUT2D eigenvalue weighted by Crippen LogP contribution is 2.38. The molecule has 1 saturated carbocycles. The molecule has 0 radical (unpaired) electrons. The van der Waals surface area contributed by atoms with Crippen molar-refractivity contribution < 1.29 is 115 Å². The highest BCUT2D eigenvalue weighted by atomic mass is 79.9. The minimum absolute atomic E-state index is 0. The van der Waals surface area contributed by atoms with E-state index in [4.69, 9.17) is 33.2 Å². The van der Waals surface area contributed by atoms with Crippen LogP contribution in [0.2, 0.25) is 0 Å². The molecule has 15 atom stereocenters. The number of fused-ring (bicyclic) bond motifs is 3. The summed E-state index contributed by atoms with van der Waals surface area (Å²) in [5.41, 5.74) is 3.23. The van der Waals surface area contributed by atoms with E-state index in [-0.39, 0.29) is 95.7 Å². The van der Waals surface area contributed by atoms with Gasteiger partial charge in [-0.25, -0.2) is 9.59 Å². The number of aryl methyl sites for hydroxylation is 2. The van der Waals surface area contributed by atoms with E-state index in [1.807, 2.05) is 96.4 Å². The summed E-state index contributed by atoms with van der Waals surface area (Å²) in [6.45, 7) is 16.6. The van der Waals surface area contributed by atoms with Crippen molar-refractivity contribution in [1.82, 2.24) is 4.90 Å². The topological polar surface area (TPSA) is 215 Å². The van der Waals surface area contributed by atoms with Crippen molar-refractivity contribution in [2.45, 2.75) is 200 Å². The second-order valence-electron chi connectivity index (χ2n) is 24.2. The molecule has 3 aliphatic heterocycles. The summed E-state index contributed by atoms with van der Waals surface area (Å²) in [6, 6.07) is 6.12. The van der Waals surface area contributed by atoms with Gasteiger partial charge in [0.15, 0.2) is 42.8 Å². The number of rotatable bonds is 10. The van der Waals surface area contributed by atoms with Crippen LogP contribution in [0.15, 0.2) is 96.7 Å². The number of methoxy groups -OCH3 is 3. The zero-order chi connectivity index (χ0) is 61.4. The number of piperidine rings is 1. The Morgan fingerprint density at radius 3 is 2.08 bits per heavy atom. The fraction of sp³-hybridized carbons (Fsp3) is 0.621. The van der Waals surface area contributed by atoms with Crippen LogP contribution < -0.4 is 43.1 Å². The first-order valence-corrected chi connectivity index (χ1v) is 30.1. The number of carbonyl (C=O) groups excluding carboxylic acids is 7. The third-order valence-corrected chi connectivity index (χ3v) is 17.5. The molecule has 0 aromatic carbocycles. The monoisotopic (exact) mass is 1330 g/mol. The Kier molecular flexibility index (Phi) is 29.5. The van der Waals surface area contributed by atoms with E-state index in [9.17, 15) is 38.7 Å². The molecule has 20 heteroatoms. The molecule has 0 unspecified atom stereocenters. The van der Waals surface area contributed by atoms with Crippen LogP contribution in [0.1, 0.15) is 137 Å². The summed E-state index contributed by atoms with van der Waals surface area (Å²) in [7, 11) is 4.54. The van der Waals surface area contributed by atoms with E-state index in [1.165, 1.54) is 16.6 Å². The second kappa shape index (κ2) is 34.6. The first-order valence-electron chi connectivity index (χ1n) is 30.1. The van der Waals surface area contributed by atoms with Gasteiger partial charge in [0, 0.05) is 82.7 Å². The zero-order valence-corrected chi connectivity index (χ0v) is 55.5. The first kappa shape index (κ1) is 73.4. The van der Waals surface area contributed by atoms with E-state index in [1.54, 1.807) is 70.2 Å². The number of amides is 1. The van der Waals surface area contributed by atoms with E-state index < -0.39 is 102 Å². The molecule has 476 valence electrons. The predicted molar refractivity (Wildman–Crippen MR) is 311 cm³/mol. The number of nitrogens with zero attached hydrogens (tertiary/aromatic N) is 3. The number of aliphatic hydroxyl groups is 1. The van der Waals surface area contributed by atoms with E-state index in [0.29, 0.717) is 63.4 Å². The molecule has 6 rings (SSSR count). The molecule has 4 aliphatic rings. The number of ether oxygens (including phenoxy) is 7. The molecule has 2 saturated heterocycles. The van der Waals surface area contributed by atoms with Crippen LogP contribution in [-0.4, -0.2) is 134 Å². The molecule has 86 heavy (non-hydrogen) atoms. The normalized spacial score (nSPS) is 32.9. The SMILES string of the molecule is CO[C@@H]1C[C@@H]2CC[C@@H](C)[C@@](O)(O2)C(=O)C(=O)N2CCCC[C@H]2C(=O)O[C@H]([C@H](C)C[C@@H]2CC[C@@H](OC(=O)C[n+]3ccc(C)cc3)[C@H](OC)C2)CC(=O)[C@H](C)/C=C(\C)[C@@H](OC(=O)[n+]2ccc(C)cc2)[C@@H](OC)C(=O)[C@H](C)C[C@H](C)/C=C/C=C/C=C/1C.[Br-].[Br-]. The van der Waals surface area contributed by atoms with Gasteiger partial charge in [-0.05, 0) is 132 Å². The van der Waals surface area contributed by atoms with Crippen LogP contribution >= 0.6 is 0 Å². The van der Waals surface area contributed by atoms with Crippen LogP contribution in [0.4, 0.5) is 4.79 Å². The lowest BCUT2D eigenvalue weighted by molar-refractivity contribution is -0.686. The van der Waals surface area contributed by atoms with Crippen LogP contribution in [0, 0.1) is 49.4 Å². The number of halogens is 2. The largest absolute Gasteiger partial charge is 1.00 e. The number of carbonyl (C=O) groups is 7. The molecule has 1 amide bonds. The van der Waals surface area contributed by atoms with E-state index >= 15 is 0 Å². The lowest BCUT2D eigenvalue weighted by atomic mass is 9.78. The summed E-state index contributed by atoms with van der Waals surface area (Å²) in [6.07, 6.45) is 16.4. The van der Waals surface area contributed by atoms with Gasteiger partial charge < -0.3 is 77.1 Å². The maximum Gasteiger partial charge on any atom is 0.602 e. The zero-order valence-electron chi connectivity index (χ0n) is 52.3. The highest BCUT2D eigenvalue weighted by molar-refractivity contribution is 6.39. The van der Waals surface area contributed by atoms with Crippen molar-refractivity contribution in [1.29, 1.82) is 0 Å². The fourth-order valence-corrected chi connectivity index (χ4v) is 12.2. The maximum atomic E-state index is 14.8. The lowest BCUT2D eigenvalue weighted by Gasteiger charge is -2.42. The molecular weight excluding hydrogens is 1230 g/mol. The molecular formula is C66H93Br2N3O15.